The van der Waals surface area contributed by atoms with Crippen LogP contribution in [0.4, 0.5) is 16.2 Å². The van der Waals surface area contributed by atoms with Crippen LogP contribution >= 0.6 is 0 Å². The lowest BCUT2D eigenvalue weighted by molar-refractivity contribution is 0.262. The number of carbonyl (C=O) groups excluding carboxylic acids is 1. The van der Waals surface area contributed by atoms with Gasteiger partial charge in [0.05, 0.1) is 23.6 Å². The van der Waals surface area contributed by atoms with Crippen molar-refractivity contribution in [3.63, 3.8) is 0 Å². The number of nitrogens with zero attached hydrogens (tertiary/aromatic N) is 2. The minimum atomic E-state index is -1.02. The second kappa shape index (κ2) is 7.17. The van der Waals surface area contributed by atoms with Crippen LogP contribution < -0.4 is 10.6 Å². The highest BCUT2D eigenvalue weighted by molar-refractivity contribution is 7.84. The molecule has 0 bridgehead atoms. The average molecular weight is 346 g/mol. The Kier molecular flexibility index (Phi) is 4.99. The topological polar surface area (TPSA) is 76.0 Å². The summed E-state index contributed by atoms with van der Waals surface area (Å²) in [4.78, 5) is 12.9. The van der Waals surface area contributed by atoms with Crippen LogP contribution in [0, 0.1) is 6.92 Å². The molecule has 1 fully saturated rings. The van der Waals surface area contributed by atoms with Gasteiger partial charge in [-0.25, -0.2) is 4.79 Å². The highest BCUT2D eigenvalue weighted by Gasteiger charge is 2.20. The van der Waals surface area contributed by atoms with Crippen LogP contribution in [0.3, 0.4) is 0 Å². The van der Waals surface area contributed by atoms with Gasteiger partial charge in [-0.05, 0) is 44.0 Å². The van der Waals surface area contributed by atoms with E-state index < -0.39 is 10.8 Å². The first-order valence-electron chi connectivity index (χ1n) is 8.10. The van der Waals surface area contributed by atoms with Crippen LogP contribution in [0.5, 0.6) is 0 Å². The van der Waals surface area contributed by atoms with Gasteiger partial charge < -0.3 is 10.6 Å². The fourth-order valence-electron chi connectivity index (χ4n) is 3.08. The highest BCUT2D eigenvalue weighted by atomic mass is 32.2. The van der Waals surface area contributed by atoms with E-state index in [0.29, 0.717) is 11.7 Å². The Balaban J connectivity index is 1.63. The Bertz CT molecular complexity index is 748. The molecule has 2 aromatic rings. The third-order valence-electron chi connectivity index (χ3n) is 4.41. The zero-order chi connectivity index (χ0) is 17.1. The third kappa shape index (κ3) is 3.67. The van der Waals surface area contributed by atoms with E-state index >= 15 is 0 Å². The second-order valence-electron chi connectivity index (χ2n) is 6.08. The lowest BCUT2D eigenvalue weighted by atomic mass is 10.2. The van der Waals surface area contributed by atoms with Gasteiger partial charge >= 0.3 is 6.03 Å². The fourth-order valence-corrected chi connectivity index (χ4v) is 3.60. The van der Waals surface area contributed by atoms with Crippen molar-refractivity contribution in [2.75, 3.05) is 16.9 Å². The maximum atomic E-state index is 12.2. The molecule has 2 N–H and O–H groups in total. The molecule has 0 aliphatic heterocycles. The standard InChI is InChI=1S/C17H22N4O2S/c1-12-16(11-18-21(12)14-5-3-4-6-14)20-17(22)19-13-7-9-15(10-8-13)24(2)23/h7-11,14H,3-6H2,1-2H3,(H2,19,20,22). The van der Waals surface area contributed by atoms with Gasteiger partial charge in [0.25, 0.3) is 0 Å². The summed E-state index contributed by atoms with van der Waals surface area (Å²) >= 11 is 0. The van der Waals surface area contributed by atoms with Crippen molar-refractivity contribution in [3.05, 3.63) is 36.2 Å². The average Bonchev–Trinajstić information content (AvgIpc) is 3.19. The van der Waals surface area contributed by atoms with E-state index in [-0.39, 0.29) is 6.03 Å². The summed E-state index contributed by atoms with van der Waals surface area (Å²) in [5.74, 6) is 0. The normalized spacial score (nSPS) is 16.1. The first-order valence-corrected chi connectivity index (χ1v) is 9.66. The van der Waals surface area contributed by atoms with Crippen molar-refractivity contribution >= 4 is 28.2 Å². The molecule has 24 heavy (non-hydrogen) atoms. The van der Waals surface area contributed by atoms with Gasteiger partial charge in [-0.2, -0.15) is 5.10 Å². The zero-order valence-electron chi connectivity index (χ0n) is 13.9. The minimum absolute atomic E-state index is 0.311. The molecule has 1 aliphatic rings. The number of rotatable bonds is 4. The van der Waals surface area contributed by atoms with Crippen molar-refractivity contribution in [2.45, 2.75) is 43.5 Å². The van der Waals surface area contributed by atoms with Crippen LogP contribution in [0.15, 0.2) is 35.4 Å². The van der Waals surface area contributed by atoms with E-state index in [9.17, 15) is 9.00 Å². The first-order chi connectivity index (χ1) is 11.5. The molecule has 6 nitrogen and oxygen atoms in total. The second-order valence-corrected chi connectivity index (χ2v) is 7.46. The molecule has 0 spiro atoms. The number of carbonyl (C=O) groups is 1. The van der Waals surface area contributed by atoms with Crippen LogP contribution in [0.2, 0.25) is 0 Å². The SMILES string of the molecule is Cc1c(NC(=O)Nc2ccc(S(C)=O)cc2)cnn1C1CCCC1. The molecule has 1 atom stereocenters. The van der Waals surface area contributed by atoms with Gasteiger partial charge in [0, 0.05) is 27.6 Å². The molecule has 1 saturated carbocycles. The molecule has 2 amide bonds. The molecular formula is C17H22N4O2S. The van der Waals surface area contributed by atoms with Crippen molar-refractivity contribution in [2.24, 2.45) is 0 Å². The van der Waals surface area contributed by atoms with Crippen LogP contribution in [0.25, 0.3) is 0 Å². The third-order valence-corrected chi connectivity index (χ3v) is 5.34. The lowest BCUT2D eigenvalue weighted by Crippen LogP contribution is -2.20. The predicted molar refractivity (Wildman–Crippen MR) is 95.9 cm³/mol. The summed E-state index contributed by atoms with van der Waals surface area (Å²) in [7, 11) is -1.02. The van der Waals surface area contributed by atoms with Crippen molar-refractivity contribution in [1.82, 2.24) is 9.78 Å². The summed E-state index contributed by atoms with van der Waals surface area (Å²) in [5.41, 5.74) is 2.36. The van der Waals surface area contributed by atoms with Gasteiger partial charge in [-0.15, -0.1) is 0 Å². The van der Waals surface area contributed by atoms with E-state index in [0.717, 1.165) is 29.1 Å². The molecular weight excluding hydrogens is 324 g/mol. The molecule has 1 unspecified atom stereocenters. The monoisotopic (exact) mass is 346 g/mol. The molecule has 1 heterocycles. The molecule has 128 valence electrons. The summed E-state index contributed by atoms with van der Waals surface area (Å²) in [6.07, 6.45) is 8.12. The quantitative estimate of drug-likeness (QED) is 0.886. The van der Waals surface area contributed by atoms with E-state index in [1.165, 1.54) is 12.8 Å². The number of benzene rings is 1. The molecule has 0 saturated heterocycles. The van der Waals surface area contributed by atoms with Gasteiger partial charge in [0.15, 0.2) is 0 Å². The van der Waals surface area contributed by atoms with Crippen LogP contribution in [-0.4, -0.2) is 26.3 Å². The molecule has 0 radical (unpaired) electrons. The summed E-state index contributed by atoms with van der Waals surface area (Å²) < 4.78 is 13.4. The number of anilines is 2. The van der Waals surface area contributed by atoms with E-state index in [2.05, 4.69) is 15.7 Å². The number of nitrogens with one attached hydrogen (secondary N) is 2. The van der Waals surface area contributed by atoms with Gasteiger partial charge in [0.2, 0.25) is 0 Å². The lowest BCUT2D eigenvalue weighted by Gasteiger charge is -2.13. The number of amides is 2. The Labute approximate surface area is 144 Å². The van der Waals surface area contributed by atoms with E-state index in [1.54, 1.807) is 36.7 Å². The number of urea groups is 1. The zero-order valence-corrected chi connectivity index (χ0v) is 14.7. The maximum Gasteiger partial charge on any atom is 0.323 e. The summed E-state index contributed by atoms with van der Waals surface area (Å²) in [6.45, 7) is 1.98. The smallest absolute Gasteiger partial charge is 0.308 e. The Morgan fingerprint density at radius 2 is 1.88 bits per heavy atom. The predicted octanol–water partition coefficient (Wildman–Crippen LogP) is 3.69. The van der Waals surface area contributed by atoms with Crippen molar-refractivity contribution in [1.29, 1.82) is 0 Å². The Morgan fingerprint density at radius 3 is 2.50 bits per heavy atom. The van der Waals surface area contributed by atoms with E-state index in [4.69, 9.17) is 0 Å². The van der Waals surface area contributed by atoms with Gasteiger partial charge in [-0.3, -0.25) is 8.89 Å². The summed E-state index contributed by atoms with van der Waals surface area (Å²) in [6, 6.07) is 7.11. The Hall–Kier alpha value is -2.15. The van der Waals surface area contributed by atoms with E-state index in [1.807, 2.05) is 11.6 Å². The van der Waals surface area contributed by atoms with Crippen molar-refractivity contribution < 1.29 is 9.00 Å². The molecule has 3 rings (SSSR count). The van der Waals surface area contributed by atoms with Crippen LogP contribution in [0.1, 0.15) is 37.4 Å². The Morgan fingerprint density at radius 1 is 1.21 bits per heavy atom. The highest BCUT2D eigenvalue weighted by Crippen LogP contribution is 2.31. The first kappa shape index (κ1) is 16.7. The largest absolute Gasteiger partial charge is 0.323 e. The molecule has 7 heteroatoms. The van der Waals surface area contributed by atoms with Crippen molar-refractivity contribution in [3.8, 4) is 0 Å². The number of hydrogen-bond acceptors (Lipinski definition) is 3. The molecule has 1 aromatic heterocycles. The fraction of sp³-hybridized carbons (Fsp3) is 0.412. The molecule has 1 aromatic carbocycles. The minimum Gasteiger partial charge on any atom is -0.308 e. The molecule has 1 aliphatic carbocycles. The summed E-state index contributed by atoms with van der Waals surface area (Å²) in [5, 5.41) is 10.1. The van der Waals surface area contributed by atoms with Gasteiger partial charge in [-0.1, -0.05) is 12.8 Å². The van der Waals surface area contributed by atoms with Crippen LogP contribution in [-0.2, 0) is 10.8 Å². The number of aromatic nitrogens is 2. The van der Waals surface area contributed by atoms with Gasteiger partial charge in [0.1, 0.15) is 0 Å². The number of hydrogen-bond donors (Lipinski definition) is 2. The maximum absolute atomic E-state index is 12.2.